The number of ether oxygens (including phenoxy) is 2. The predicted octanol–water partition coefficient (Wildman–Crippen LogP) is -0.902. The van der Waals surface area contributed by atoms with Gasteiger partial charge in [0.1, 0.15) is 6.10 Å². The van der Waals surface area contributed by atoms with Gasteiger partial charge in [0.25, 0.3) is 0 Å². The van der Waals surface area contributed by atoms with Gasteiger partial charge in [0.2, 0.25) is 0 Å². The van der Waals surface area contributed by atoms with Crippen molar-refractivity contribution >= 4 is 42.7 Å². The van der Waals surface area contributed by atoms with Gasteiger partial charge in [-0.3, -0.25) is 4.79 Å². The first-order chi connectivity index (χ1) is 16.1. The van der Waals surface area contributed by atoms with Crippen LogP contribution in [0.25, 0.3) is 0 Å². The van der Waals surface area contributed by atoms with Crippen LogP contribution in [0.3, 0.4) is 0 Å². The number of carbonyl (C=O) groups is 2. The molecule has 1 aliphatic rings. The Hall–Kier alpha value is 0.0969. The van der Waals surface area contributed by atoms with Gasteiger partial charge in [-0.1, -0.05) is 6.92 Å². The Morgan fingerprint density at radius 1 is 1.20 bits per heavy atom. The zero-order valence-electron chi connectivity index (χ0n) is 21.5. The number of thioether (sulfide) groups is 1. The Labute approximate surface area is 236 Å². The van der Waals surface area contributed by atoms with Crippen molar-refractivity contribution in [1.29, 1.82) is 0 Å². The second-order valence-corrected chi connectivity index (χ2v) is 13.1. The molecule has 15 heteroatoms. The number of amides is 1. The van der Waals surface area contributed by atoms with Crippen LogP contribution in [0.15, 0.2) is 0 Å². The first-order valence-corrected chi connectivity index (χ1v) is 16.3. The van der Waals surface area contributed by atoms with Crippen molar-refractivity contribution < 1.29 is 74.9 Å². The molecule has 0 N–H and O–H groups in total. The predicted molar refractivity (Wildman–Crippen MR) is 129 cm³/mol. The van der Waals surface area contributed by atoms with E-state index in [4.69, 9.17) is 22.8 Å². The molecule has 35 heavy (non-hydrogen) atoms. The fourth-order valence-electron chi connectivity index (χ4n) is 3.33. The second-order valence-electron chi connectivity index (χ2n) is 7.76. The van der Waals surface area contributed by atoms with Crippen LogP contribution in [0.1, 0.15) is 40.5 Å². The summed E-state index contributed by atoms with van der Waals surface area (Å²) in [5.74, 6) is -0.400. The number of hydrogen-bond acceptors (Lipinski definition) is 11. The molecule has 0 spiro atoms. The molecule has 1 fully saturated rings. The first kappa shape index (κ1) is 35.1. The fraction of sp³-hybridized carbons (Fsp3) is 0.900. The number of cyclic esters (lactones) is 1. The van der Waals surface area contributed by atoms with Crippen molar-refractivity contribution in [2.75, 3.05) is 56.8 Å². The summed E-state index contributed by atoms with van der Waals surface area (Å²) in [7, 11) is -7.05. The Kier molecular flexibility index (Phi) is 18.4. The summed E-state index contributed by atoms with van der Waals surface area (Å²) < 4.78 is 59.6. The molecule has 0 aromatic heterocycles. The minimum absolute atomic E-state index is 0. The Bertz CT molecular complexity index is 714. The summed E-state index contributed by atoms with van der Waals surface area (Å²) in [5.41, 5.74) is 0. The summed E-state index contributed by atoms with van der Waals surface area (Å²) in [6, 6.07) is 0.617. The number of rotatable bonds is 19. The Morgan fingerprint density at radius 2 is 1.80 bits per heavy atom. The van der Waals surface area contributed by atoms with Crippen molar-refractivity contribution in [3.63, 3.8) is 0 Å². The van der Waals surface area contributed by atoms with Crippen LogP contribution in [0, 0.1) is 5.92 Å². The van der Waals surface area contributed by atoms with Gasteiger partial charge in [-0.15, -0.1) is 0 Å². The van der Waals surface area contributed by atoms with E-state index in [0.717, 1.165) is 0 Å². The molecule has 1 amide bonds. The standard InChI is InChI=1S/C20H39NO10S2Si.Na/c1-5-28-34(29-6-2,30-7-3)13-8-10-21-14-18(31-20(21)23)16-32-15-17(4)19(22)27-11-9-12-33(24,25)26;/h17-18H,5-16H2,1-4H3,(H,24,25,26);/q;+1/p-1. The third-order valence-electron chi connectivity index (χ3n) is 4.81. The number of hydrogen-bond donors (Lipinski definition) is 0. The van der Waals surface area contributed by atoms with Crippen molar-refractivity contribution in [1.82, 2.24) is 4.90 Å². The molecule has 1 rings (SSSR count). The van der Waals surface area contributed by atoms with Crippen LogP contribution in [0.4, 0.5) is 4.79 Å². The van der Waals surface area contributed by atoms with Crippen LogP contribution in [-0.2, 0) is 37.7 Å². The molecule has 200 valence electrons. The molecule has 2 atom stereocenters. The molecular weight excluding hydrogens is 529 g/mol. The van der Waals surface area contributed by atoms with E-state index in [-0.39, 0.29) is 54.8 Å². The van der Waals surface area contributed by atoms with E-state index in [0.29, 0.717) is 56.9 Å². The molecule has 1 aliphatic heterocycles. The van der Waals surface area contributed by atoms with E-state index in [1.165, 1.54) is 11.8 Å². The smallest absolute Gasteiger partial charge is 0.748 e. The summed E-state index contributed by atoms with van der Waals surface area (Å²) >= 11 is 1.48. The molecule has 11 nitrogen and oxygen atoms in total. The molecule has 0 bridgehead atoms. The second kappa shape index (κ2) is 18.4. The van der Waals surface area contributed by atoms with Crippen molar-refractivity contribution in [3.8, 4) is 0 Å². The van der Waals surface area contributed by atoms with Crippen LogP contribution in [-0.4, -0.2) is 102 Å². The van der Waals surface area contributed by atoms with Gasteiger partial charge in [-0.2, -0.15) is 11.8 Å². The zero-order valence-corrected chi connectivity index (χ0v) is 26.1. The van der Waals surface area contributed by atoms with Gasteiger partial charge in [0.05, 0.1) is 29.2 Å². The maximum atomic E-state index is 12.2. The van der Waals surface area contributed by atoms with E-state index in [1.807, 2.05) is 20.8 Å². The van der Waals surface area contributed by atoms with Gasteiger partial charge >= 0.3 is 50.4 Å². The number of esters is 1. The van der Waals surface area contributed by atoms with Gasteiger partial charge in [-0.05, 0) is 33.6 Å². The molecule has 1 heterocycles. The molecule has 0 saturated carbocycles. The van der Waals surface area contributed by atoms with Crippen LogP contribution in [0.2, 0.25) is 6.04 Å². The van der Waals surface area contributed by atoms with Crippen molar-refractivity contribution in [2.45, 2.75) is 52.7 Å². The molecule has 2 unspecified atom stereocenters. The molecule has 0 aromatic rings. The van der Waals surface area contributed by atoms with Crippen molar-refractivity contribution in [3.05, 3.63) is 0 Å². The summed E-state index contributed by atoms with van der Waals surface area (Å²) in [6.07, 6.45) is 0.0327. The normalized spacial score (nSPS) is 17.1. The third kappa shape index (κ3) is 14.6. The average Bonchev–Trinajstić information content (AvgIpc) is 3.10. The zero-order chi connectivity index (χ0) is 25.6. The molecule has 0 aromatic carbocycles. The average molecular weight is 568 g/mol. The van der Waals surface area contributed by atoms with Gasteiger partial charge in [0, 0.05) is 49.7 Å². The monoisotopic (exact) mass is 567 g/mol. The van der Waals surface area contributed by atoms with Crippen LogP contribution in [0.5, 0.6) is 0 Å². The van der Waals surface area contributed by atoms with Crippen LogP contribution >= 0.6 is 11.8 Å². The topological polar surface area (TPSA) is 141 Å². The molecule has 0 aliphatic carbocycles. The Balaban J connectivity index is 0.0000116. The van der Waals surface area contributed by atoms with Crippen LogP contribution < -0.4 is 29.6 Å². The summed E-state index contributed by atoms with van der Waals surface area (Å²) in [5, 5.41) is 0. The first-order valence-electron chi connectivity index (χ1n) is 11.6. The largest absolute Gasteiger partial charge is 1.00 e. The minimum atomic E-state index is -4.30. The number of carbonyl (C=O) groups excluding carboxylic acids is 2. The molecule has 0 radical (unpaired) electrons. The SMILES string of the molecule is CCO[Si](CCCN1CC(CSCC(C)C(=O)OCCCS(=O)(=O)[O-])OC1=O)(OCC)OCC.[Na+]. The van der Waals surface area contributed by atoms with E-state index in [9.17, 15) is 22.6 Å². The quantitative estimate of drug-likeness (QED) is 0.0830. The van der Waals surface area contributed by atoms with Gasteiger partial charge in [-0.25, -0.2) is 13.2 Å². The molecular formula is C20H38NNaO10S2Si. The summed E-state index contributed by atoms with van der Waals surface area (Å²) in [4.78, 5) is 25.8. The Morgan fingerprint density at radius 3 is 2.34 bits per heavy atom. The van der Waals surface area contributed by atoms with E-state index in [1.54, 1.807) is 11.8 Å². The number of nitrogens with zero attached hydrogens (tertiary/aromatic N) is 1. The van der Waals surface area contributed by atoms with E-state index in [2.05, 4.69) is 0 Å². The van der Waals surface area contributed by atoms with Crippen molar-refractivity contribution in [2.24, 2.45) is 5.92 Å². The van der Waals surface area contributed by atoms with E-state index >= 15 is 0 Å². The van der Waals surface area contributed by atoms with E-state index < -0.39 is 36.6 Å². The molecule has 1 saturated heterocycles. The maximum absolute atomic E-state index is 12.2. The summed E-state index contributed by atoms with van der Waals surface area (Å²) in [6.45, 7) is 9.82. The fourth-order valence-corrected chi connectivity index (χ4v) is 7.45. The maximum Gasteiger partial charge on any atom is 1.00 e. The van der Waals surface area contributed by atoms with Gasteiger partial charge in [0.15, 0.2) is 0 Å². The third-order valence-corrected chi connectivity index (χ3v) is 10.1. The minimum Gasteiger partial charge on any atom is -0.748 e. The van der Waals surface area contributed by atoms with Gasteiger partial charge < -0.3 is 32.2 Å².